The molecule has 3 aliphatic heterocycles. The number of carbonyl (C=O) groups is 1. The SMILES string of the molecule is CCN(CC)C(=O)Oc1ccc2c(c1)OC[C@H]1c3cc4c(c(C)c3O[C@@H]21)OCO4. The molecule has 0 fully saturated rings. The first kappa shape index (κ1) is 18.0. The summed E-state index contributed by atoms with van der Waals surface area (Å²) >= 11 is 0. The quantitative estimate of drug-likeness (QED) is 0.774. The van der Waals surface area contributed by atoms with Crippen molar-refractivity contribution in [3.05, 3.63) is 41.0 Å². The molecule has 2 aromatic carbocycles. The van der Waals surface area contributed by atoms with Crippen molar-refractivity contribution in [2.75, 3.05) is 26.5 Å². The highest BCUT2D eigenvalue weighted by atomic mass is 16.7. The molecule has 0 aromatic heterocycles. The number of benzene rings is 2. The van der Waals surface area contributed by atoms with Crippen LogP contribution in [0.4, 0.5) is 4.79 Å². The van der Waals surface area contributed by atoms with Crippen molar-refractivity contribution in [3.8, 4) is 28.7 Å². The highest BCUT2D eigenvalue weighted by Gasteiger charge is 2.43. The van der Waals surface area contributed by atoms with Crippen LogP contribution in [0.25, 0.3) is 0 Å². The molecule has 0 saturated carbocycles. The minimum atomic E-state index is -0.363. The third-order valence-corrected chi connectivity index (χ3v) is 5.82. The summed E-state index contributed by atoms with van der Waals surface area (Å²) in [4.78, 5) is 13.8. The van der Waals surface area contributed by atoms with Crippen molar-refractivity contribution in [1.29, 1.82) is 0 Å². The number of nitrogens with zero attached hydrogens (tertiary/aromatic N) is 1. The first-order valence-electron chi connectivity index (χ1n) is 9.94. The highest BCUT2D eigenvalue weighted by Crippen LogP contribution is 2.56. The summed E-state index contributed by atoms with van der Waals surface area (Å²) in [5, 5.41) is 0. The molecule has 0 spiro atoms. The summed E-state index contributed by atoms with van der Waals surface area (Å²) in [7, 11) is 0. The van der Waals surface area contributed by atoms with Crippen LogP contribution in [0, 0.1) is 6.92 Å². The van der Waals surface area contributed by atoms with Gasteiger partial charge in [-0.2, -0.15) is 0 Å². The lowest BCUT2D eigenvalue weighted by molar-refractivity contribution is 0.137. The second kappa shape index (κ2) is 6.76. The number of ether oxygens (including phenoxy) is 5. The van der Waals surface area contributed by atoms with E-state index in [-0.39, 0.29) is 24.9 Å². The van der Waals surface area contributed by atoms with Crippen molar-refractivity contribution in [2.45, 2.75) is 32.8 Å². The van der Waals surface area contributed by atoms with Crippen molar-refractivity contribution < 1.29 is 28.5 Å². The Balaban J connectivity index is 1.42. The van der Waals surface area contributed by atoms with E-state index in [1.165, 1.54) is 0 Å². The fourth-order valence-corrected chi connectivity index (χ4v) is 4.24. The molecular weight excluding hydrogens is 374 g/mol. The maximum atomic E-state index is 12.2. The van der Waals surface area contributed by atoms with Crippen LogP contribution in [-0.2, 0) is 0 Å². The largest absolute Gasteiger partial charge is 0.492 e. The van der Waals surface area contributed by atoms with Gasteiger partial charge >= 0.3 is 6.09 Å². The van der Waals surface area contributed by atoms with E-state index in [9.17, 15) is 4.79 Å². The van der Waals surface area contributed by atoms with Crippen LogP contribution in [0.3, 0.4) is 0 Å². The Bertz CT molecular complexity index is 984. The normalized spacial score (nSPS) is 20.1. The molecular formula is C22H23NO6. The minimum absolute atomic E-state index is 0.0785. The number of fused-ring (bicyclic) bond motifs is 6. The van der Waals surface area contributed by atoms with Crippen LogP contribution < -0.4 is 23.7 Å². The van der Waals surface area contributed by atoms with E-state index in [1.54, 1.807) is 17.0 Å². The summed E-state index contributed by atoms with van der Waals surface area (Å²) in [5.74, 6) is 3.58. The molecule has 1 amide bonds. The van der Waals surface area contributed by atoms with E-state index in [4.69, 9.17) is 23.7 Å². The van der Waals surface area contributed by atoms with E-state index in [2.05, 4.69) is 0 Å². The predicted octanol–water partition coefficient (Wildman–Crippen LogP) is 4.17. The van der Waals surface area contributed by atoms with Crippen LogP contribution in [0.5, 0.6) is 28.7 Å². The van der Waals surface area contributed by atoms with Gasteiger partial charge in [0.2, 0.25) is 6.79 Å². The maximum Gasteiger partial charge on any atom is 0.415 e. The van der Waals surface area contributed by atoms with Gasteiger partial charge in [0, 0.05) is 35.8 Å². The van der Waals surface area contributed by atoms with Crippen molar-refractivity contribution in [3.63, 3.8) is 0 Å². The molecule has 0 radical (unpaired) electrons. The lowest BCUT2D eigenvalue weighted by Crippen LogP contribution is -2.33. The first-order chi connectivity index (χ1) is 14.1. The van der Waals surface area contributed by atoms with Gasteiger partial charge in [-0.05, 0) is 39.0 Å². The molecule has 0 saturated heterocycles. The van der Waals surface area contributed by atoms with Crippen LogP contribution in [0.15, 0.2) is 24.3 Å². The standard InChI is InChI=1S/C22H23NO6/c1-4-23(5-2)22(24)28-13-6-7-14-17(8-13)25-10-16-15-9-18-20(27-11-26-18)12(3)19(15)29-21(14)16/h6-9,16,21H,4-5,10-11H2,1-3H3/t16-,21-/m0/s1. The second-order valence-electron chi connectivity index (χ2n) is 7.35. The average molecular weight is 397 g/mol. The molecule has 5 rings (SSSR count). The molecule has 152 valence electrons. The number of amides is 1. The Morgan fingerprint density at radius 2 is 1.90 bits per heavy atom. The number of hydrogen-bond donors (Lipinski definition) is 0. The molecule has 7 nitrogen and oxygen atoms in total. The lowest BCUT2D eigenvalue weighted by atomic mass is 9.88. The maximum absolute atomic E-state index is 12.2. The van der Waals surface area contributed by atoms with Crippen LogP contribution >= 0.6 is 0 Å². The molecule has 2 aromatic rings. The van der Waals surface area contributed by atoms with Gasteiger partial charge in [-0.15, -0.1) is 0 Å². The molecule has 3 heterocycles. The van der Waals surface area contributed by atoms with Gasteiger partial charge in [0.15, 0.2) is 11.5 Å². The Morgan fingerprint density at radius 3 is 2.69 bits per heavy atom. The fourth-order valence-electron chi connectivity index (χ4n) is 4.24. The van der Waals surface area contributed by atoms with Gasteiger partial charge in [-0.1, -0.05) is 0 Å². The summed E-state index contributed by atoms with van der Waals surface area (Å²) in [6.07, 6.45) is -0.513. The number of hydrogen-bond acceptors (Lipinski definition) is 6. The zero-order chi connectivity index (χ0) is 20.1. The second-order valence-corrected chi connectivity index (χ2v) is 7.35. The van der Waals surface area contributed by atoms with Gasteiger partial charge in [0.05, 0.1) is 12.5 Å². The molecule has 3 aliphatic rings. The third-order valence-electron chi connectivity index (χ3n) is 5.82. The zero-order valence-corrected chi connectivity index (χ0v) is 16.7. The molecule has 0 unspecified atom stereocenters. The molecule has 7 heteroatoms. The minimum Gasteiger partial charge on any atom is -0.492 e. The fraction of sp³-hybridized carbons (Fsp3) is 0.409. The molecule has 29 heavy (non-hydrogen) atoms. The topological polar surface area (TPSA) is 66.5 Å². The van der Waals surface area contributed by atoms with Gasteiger partial charge in [0.1, 0.15) is 23.4 Å². The van der Waals surface area contributed by atoms with Gasteiger partial charge in [0.25, 0.3) is 0 Å². The van der Waals surface area contributed by atoms with Crippen molar-refractivity contribution in [2.24, 2.45) is 0 Å². The summed E-state index contributed by atoms with van der Waals surface area (Å²) in [5.41, 5.74) is 2.98. The van der Waals surface area contributed by atoms with Gasteiger partial charge in [-0.3, -0.25) is 0 Å². The smallest absolute Gasteiger partial charge is 0.415 e. The lowest BCUT2D eigenvalue weighted by Gasteiger charge is -2.28. The van der Waals surface area contributed by atoms with E-state index in [0.29, 0.717) is 31.2 Å². The van der Waals surface area contributed by atoms with E-state index in [0.717, 1.165) is 33.9 Å². The summed E-state index contributed by atoms with van der Waals surface area (Å²) in [6, 6.07) is 7.47. The summed E-state index contributed by atoms with van der Waals surface area (Å²) in [6.45, 7) is 7.75. The third kappa shape index (κ3) is 2.75. The average Bonchev–Trinajstić information content (AvgIpc) is 3.34. The monoisotopic (exact) mass is 397 g/mol. The van der Waals surface area contributed by atoms with Crippen molar-refractivity contribution in [1.82, 2.24) is 4.90 Å². The van der Waals surface area contributed by atoms with Gasteiger partial charge in [-0.25, -0.2) is 4.79 Å². The van der Waals surface area contributed by atoms with Crippen LogP contribution in [0.1, 0.15) is 42.6 Å². The van der Waals surface area contributed by atoms with Crippen molar-refractivity contribution >= 4 is 6.09 Å². The van der Waals surface area contributed by atoms with Gasteiger partial charge < -0.3 is 28.6 Å². The molecule has 0 aliphatic carbocycles. The Hall–Kier alpha value is -3.09. The van der Waals surface area contributed by atoms with Crippen LogP contribution in [-0.4, -0.2) is 37.5 Å². The summed E-state index contributed by atoms with van der Waals surface area (Å²) < 4.78 is 29.0. The Kier molecular flexibility index (Phi) is 4.19. The highest BCUT2D eigenvalue weighted by molar-refractivity contribution is 5.71. The van der Waals surface area contributed by atoms with E-state index >= 15 is 0 Å². The number of rotatable bonds is 3. The molecule has 2 atom stereocenters. The van der Waals surface area contributed by atoms with E-state index < -0.39 is 0 Å². The number of carbonyl (C=O) groups excluding carboxylic acids is 1. The Labute approximate surface area is 169 Å². The first-order valence-corrected chi connectivity index (χ1v) is 9.94. The molecule has 0 bridgehead atoms. The molecule has 0 N–H and O–H groups in total. The Morgan fingerprint density at radius 1 is 1.07 bits per heavy atom. The van der Waals surface area contributed by atoms with E-state index in [1.807, 2.05) is 32.9 Å². The predicted molar refractivity (Wildman–Crippen MR) is 104 cm³/mol. The van der Waals surface area contributed by atoms with Crippen LogP contribution in [0.2, 0.25) is 0 Å². The zero-order valence-electron chi connectivity index (χ0n) is 16.7.